The van der Waals surface area contributed by atoms with Gasteiger partial charge in [-0.05, 0) is 37.4 Å². The molecule has 3 aromatic rings. The molecule has 1 aromatic heterocycles. The smallest absolute Gasteiger partial charge is 0.274 e. The Balaban J connectivity index is 2.31. The van der Waals surface area contributed by atoms with E-state index in [1.165, 1.54) is 7.11 Å². The van der Waals surface area contributed by atoms with E-state index in [4.69, 9.17) is 9.47 Å². The third kappa shape index (κ3) is 3.65. The van der Waals surface area contributed by atoms with Crippen LogP contribution in [0.2, 0.25) is 0 Å². The molecule has 0 fully saturated rings. The van der Waals surface area contributed by atoms with Crippen LogP contribution in [0.15, 0.2) is 35.3 Å². The van der Waals surface area contributed by atoms with E-state index in [1.54, 1.807) is 37.4 Å². The molecule has 1 N–H and O–H groups in total. The number of ether oxygens (including phenoxy) is 2. The van der Waals surface area contributed by atoms with Gasteiger partial charge in [-0.2, -0.15) is 5.26 Å². The topological polar surface area (TPSA) is 109 Å². The van der Waals surface area contributed by atoms with Crippen molar-refractivity contribution in [2.24, 2.45) is 4.99 Å². The van der Waals surface area contributed by atoms with Crippen molar-refractivity contribution < 1.29 is 14.3 Å². The van der Waals surface area contributed by atoms with Crippen LogP contribution in [0.25, 0.3) is 22.0 Å². The van der Waals surface area contributed by atoms with Gasteiger partial charge >= 0.3 is 0 Å². The van der Waals surface area contributed by atoms with Crippen molar-refractivity contribution in [3.8, 4) is 28.7 Å². The van der Waals surface area contributed by atoms with E-state index in [9.17, 15) is 10.1 Å². The van der Waals surface area contributed by atoms with Gasteiger partial charge in [-0.25, -0.2) is 0 Å². The predicted octanol–water partition coefficient (Wildman–Crippen LogP) is 3.66. The van der Waals surface area contributed by atoms with Crippen LogP contribution >= 0.6 is 0 Å². The van der Waals surface area contributed by atoms with E-state index >= 15 is 0 Å². The predicted molar refractivity (Wildman–Crippen MR) is 115 cm³/mol. The number of rotatable bonds is 7. The number of amides is 1. The highest BCUT2D eigenvalue weighted by atomic mass is 16.5. The molecule has 0 spiro atoms. The molecule has 0 atom stereocenters. The van der Waals surface area contributed by atoms with Crippen LogP contribution in [-0.4, -0.2) is 43.6 Å². The Bertz CT molecular complexity index is 1170. The van der Waals surface area contributed by atoms with E-state index in [0.29, 0.717) is 51.3 Å². The number of hydrogen-bond donors (Lipinski definition) is 1. The van der Waals surface area contributed by atoms with Gasteiger partial charge < -0.3 is 14.8 Å². The summed E-state index contributed by atoms with van der Waals surface area (Å²) in [6.45, 7) is 6.07. The van der Waals surface area contributed by atoms with Crippen molar-refractivity contribution in [2.45, 2.75) is 13.3 Å². The first-order valence-corrected chi connectivity index (χ1v) is 9.30. The molecule has 0 aliphatic carbocycles. The summed E-state index contributed by atoms with van der Waals surface area (Å²) in [4.78, 5) is 16.5. The molecule has 8 heteroatoms. The number of benzene rings is 2. The quantitative estimate of drug-likeness (QED) is 0.603. The van der Waals surface area contributed by atoms with Crippen LogP contribution in [0.4, 0.5) is 5.69 Å². The highest BCUT2D eigenvalue weighted by Gasteiger charge is 2.22. The van der Waals surface area contributed by atoms with Gasteiger partial charge in [0.15, 0.2) is 5.69 Å². The van der Waals surface area contributed by atoms with Crippen molar-refractivity contribution in [2.75, 3.05) is 20.8 Å². The fourth-order valence-corrected chi connectivity index (χ4v) is 3.17. The summed E-state index contributed by atoms with van der Waals surface area (Å²) >= 11 is 0. The second-order valence-electron chi connectivity index (χ2n) is 6.37. The maximum atomic E-state index is 12.5. The summed E-state index contributed by atoms with van der Waals surface area (Å²) in [6.07, 6.45) is 0.788. The first-order valence-electron chi connectivity index (χ1n) is 9.30. The Morgan fingerprint density at radius 2 is 2.03 bits per heavy atom. The lowest BCUT2D eigenvalue weighted by atomic mass is 9.95. The Hall–Kier alpha value is -3.99. The lowest BCUT2D eigenvalue weighted by Crippen LogP contribution is -2.25. The molecule has 1 heterocycles. The van der Waals surface area contributed by atoms with Gasteiger partial charge in [0.2, 0.25) is 0 Å². The van der Waals surface area contributed by atoms with Crippen LogP contribution in [0, 0.1) is 11.3 Å². The van der Waals surface area contributed by atoms with Crippen molar-refractivity contribution in [3.05, 3.63) is 41.6 Å². The average molecular weight is 403 g/mol. The second kappa shape index (κ2) is 9.01. The van der Waals surface area contributed by atoms with E-state index in [-0.39, 0.29) is 11.6 Å². The van der Waals surface area contributed by atoms with Gasteiger partial charge in [0.1, 0.15) is 22.7 Å². The molecule has 0 radical (unpaired) electrons. The van der Waals surface area contributed by atoms with Crippen molar-refractivity contribution in [1.29, 1.82) is 5.26 Å². The Kier molecular flexibility index (Phi) is 6.23. The van der Waals surface area contributed by atoms with Crippen LogP contribution in [-0.2, 0) is 0 Å². The van der Waals surface area contributed by atoms with E-state index in [1.807, 2.05) is 6.92 Å². The zero-order valence-corrected chi connectivity index (χ0v) is 17.0. The summed E-state index contributed by atoms with van der Waals surface area (Å²) < 4.78 is 10.8. The maximum absolute atomic E-state index is 12.5. The van der Waals surface area contributed by atoms with Gasteiger partial charge in [-0.3, -0.25) is 9.79 Å². The minimum atomic E-state index is -0.374. The largest absolute Gasteiger partial charge is 0.497 e. The number of aliphatic imine (C=N–C) groups is 1. The third-order valence-electron chi connectivity index (χ3n) is 4.61. The zero-order chi connectivity index (χ0) is 21.7. The monoisotopic (exact) mass is 403 g/mol. The average Bonchev–Trinajstić information content (AvgIpc) is 2.80. The van der Waals surface area contributed by atoms with Crippen LogP contribution in [0.5, 0.6) is 11.5 Å². The molecule has 0 bridgehead atoms. The van der Waals surface area contributed by atoms with Crippen molar-refractivity contribution >= 4 is 29.2 Å². The molecule has 30 heavy (non-hydrogen) atoms. The zero-order valence-electron chi connectivity index (χ0n) is 17.0. The molecular weight excluding hydrogens is 382 g/mol. The molecule has 1 amide bonds. The summed E-state index contributed by atoms with van der Waals surface area (Å²) in [5, 5.41) is 21.4. The SMILES string of the molecule is C=Nc1c(C(=O)NCCC)nnc2c(-c3ccc(OC)cc3OC)c(C#N)ccc12. The van der Waals surface area contributed by atoms with Gasteiger partial charge in [0, 0.05) is 29.1 Å². The molecule has 3 rings (SSSR count). The molecule has 8 nitrogen and oxygen atoms in total. The van der Waals surface area contributed by atoms with E-state index in [0.717, 1.165) is 6.42 Å². The third-order valence-corrected chi connectivity index (χ3v) is 4.61. The van der Waals surface area contributed by atoms with Gasteiger partial charge in [-0.15, -0.1) is 10.2 Å². The number of nitrogens with one attached hydrogen (secondary N) is 1. The van der Waals surface area contributed by atoms with Crippen LogP contribution in [0.3, 0.4) is 0 Å². The summed E-state index contributed by atoms with van der Waals surface area (Å²) in [5.74, 6) is 0.753. The number of carbonyl (C=O) groups excluding carboxylic acids is 1. The molecule has 0 saturated heterocycles. The Labute approximate surface area is 174 Å². The van der Waals surface area contributed by atoms with Crippen LogP contribution < -0.4 is 14.8 Å². The molecule has 0 saturated carbocycles. The minimum Gasteiger partial charge on any atom is -0.497 e. The lowest BCUT2D eigenvalue weighted by molar-refractivity contribution is 0.0948. The number of hydrogen-bond acceptors (Lipinski definition) is 7. The lowest BCUT2D eigenvalue weighted by Gasteiger charge is -2.15. The highest BCUT2D eigenvalue weighted by Crippen LogP contribution is 2.40. The van der Waals surface area contributed by atoms with Crippen molar-refractivity contribution in [3.63, 3.8) is 0 Å². The molecule has 0 aliphatic rings. The van der Waals surface area contributed by atoms with Crippen molar-refractivity contribution in [1.82, 2.24) is 15.5 Å². The molecule has 0 aliphatic heterocycles. The molecular formula is C22H21N5O3. The number of nitrogens with zero attached hydrogens (tertiary/aromatic N) is 4. The molecule has 0 unspecified atom stereocenters. The number of nitriles is 1. The Morgan fingerprint density at radius 1 is 1.23 bits per heavy atom. The standard InChI is InChI=1S/C22H21N5O3/c1-5-10-25-22(28)21-20(24-2)16-8-6-13(12-23)18(19(16)26-27-21)15-9-7-14(29-3)11-17(15)30-4/h6-9,11H,2,5,10H2,1,3-4H3,(H,25,28). The van der Waals surface area contributed by atoms with E-state index < -0.39 is 0 Å². The molecule has 2 aromatic carbocycles. The number of carbonyl (C=O) groups is 1. The van der Waals surface area contributed by atoms with Gasteiger partial charge in [0.25, 0.3) is 5.91 Å². The number of fused-ring (bicyclic) bond motifs is 1. The molecule has 152 valence electrons. The summed E-state index contributed by atoms with van der Waals surface area (Å²) in [7, 11) is 3.10. The minimum absolute atomic E-state index is 0.0864. The first kappa shape index (κ1) is 20.7. The first-order chi connectivity index (χ1) is 14.6. The fourth-order valence-electron chi connectivity index (χ4n) is 3.17. The maximum Gasteiger partial charge on any atom is 0.274 e. The van der Waals surface area contributed by atoms with Crippen LogP contribution in [0.1, 0.15) is 29.4 Å². The number of methoxy groups -OCH3 is 2. The van der Waals surface area contributed by atoms with E-state index in [2.05, 4.69) is 33.3 Å². The number of aromatic nitrogens is 2. The van der Waals surface area contributed by atoms with Gasteiger partial charge in [-0.1, -0.05) is 6.92 Å². The summed E-state index contributed by atoms with van der Waals surface area (Å²) in [5.41, 5.74) is 2.39. The second-order valence-corrected chi connectivity index (χ2v) is 6.37. The normalized spacial score (nSPS) is 10.3. The fraction of sp³-hybridized carbons (Fsp3) is 0.227. The van der Waals surface area contributed by atoms with Gasteiger partial charge in [0.05, 0.1) is 25.9 Å². The summed E-state index contributed by atoms with van der Waals surface area (Å²) in [6, 6.07) is 10.8. The Morgan fingerprint density at radius 3 is 2.67 bits per heavy atom. The highest BCUT2D eigenvalue weighted by molar-refractivity contribution is 6.09.